The molecule has 3 aromatic carbocycles. The number of hydrogen-bond acceptors (Lipinski definition) is 0. The van der Waals surface area contributed by atoms with Crippen molar-refractivity contribution < 1.29 is 0 Å². The van der Waals surface area contributed by atoms with Gasteiger partial charge >= 0.3 is 0 Å². The van der Waals surface area contributed by atoms with E-state index in [1.807, 2.05) is 0 Å². The molecule has 0 saturated heterocycles. The van der Waals surface area contributed by atoms with Gasteiger partial charge in [-0.1, -0.05) is 60.7 Å². The predicted molar refractivity (Wildman–Crippen MR) is 86.8 cm³/mol. The molecule has 0 aromatic heterocycles. The van der Waals surface area contributed by atoms with Crippen molar-refractivity contribution in [3.05, 3.63) is 69.8 Å². The third-order valence-corrected chi connectivity index (χ3v) is 4.37. The fourth-order valence-corrected chi connectivity index (χ4v) is 3.62. The van der Waals surface area contributed by atoms with E-state index in [1.165, 1.54) is 31.0 Å². The number of rotatable bonds is 1. The molecule has 0 saturated carbocycles. The average Bonchev–Trinajstić information content (AvgIpc) is 2.40. The van der Waals surface area contributed by atoms with Crippen molar-refractivity contribution in [1.82, 2.24) is 0 Å². The molecule has 0 unspecified atom stereocenters. The molecule has 1 heteroatoms. The molecular weight excluding hydrogens is 331 g/mol. The van der Waals surface area contributed by atoms with E-state index in [4.69, 9.17) is 0 Å². The summed E-state index contributed by atoms with van der Waals surface area (Å²) < 4.78 is 1.34. The lowest BCUT2D eigenvalue weighted by atomic mass is 9.96. The van der Waals surface area contributed by atoms with Gasteiger partial charge < -0.3 is 0 Å². The fourth-order valence-electron chi connectivity index (χ4n) is 2.40. The van der Waals surface area contributed by atoms with Crippen LogP contribution in [0.1, 0.15) is 5.56 Å². The SMILES string of the molecule is Cc1cc2ccccc2c(I)c1-c1ccccc1. The lowest BCUT2D eigenvalue weighted by molar-refractivity contribution is 1.47. The van der Waals surface area contributed by atoms with Gasteiger partial charge in [0.05, 0.1) is 0 Å². The van der Waals surface area contributed by atoms with Gasteiger partial charge in [0, 0.05) is 3.57 Å². The van der Waals surface area contributed by atoms with Crippen LogP contribution in [-0.2, 0) is 0 Å². The number of hydrogen-bond donors (Lipinski definition) is 0. The normalized spacial score (nSPS) is 10.8. The van der Waals surface area contributed by atoms with Crippen molar-refractivity contribution in [2.75, 3.05) is 0 Å². The van der Waals surface area contributed by atoms with Crippen molar-refractivity contribution in [3.63, 3.8) is 0 Å². The topological polar surface area (TPSA) is 0 Å². The number of fused-ring (bicyclic) bond motifs is 1. The second kappa shape index (κ2) is 4.73. The smallest absolute Gasteiger partial charge is 0.0289 e. The van der Waals surface area contributed by atoms with Crippen LogP contribution in [0.4, 0.5) is 0 Å². The molecule has 88 valence electrons. The van der Waals surface area contributed by atoms with Crippen LogP contribution in [0.2, 0.25) is 0 Å². The van der Waals surface area contributed by atoms with E-state index in [0.717, 1.165) is 0 Å². The highest BCUT2D eigenvalue weighted by molar-refractivity contribution is 14.1. The standard InChI is InChI=1S/C17H13I/c1-12-11-14-9-5-6-10-15(14)17(18)16(12)13-7-3-2-4-8-13/h2-11H,1H3. The predicted octanol–water partition coefficient (Wildman–Crippen LogP) is 5.42. The van der Waals surface area contributed by atoms with Gasteiger partial charge in [-0.05, 0) is 57.0 Å². The van der Waals surface area contributed by atoms with E-state index in [1.54, 1.807) is 0 Å². The summed E-state index contributed by atoms with van der Waals surface area (Å²) in [6.45, 7) is 2.19. The Kier molecular flexibility index (Phi) is 3.08. The first kappa shape index (κ1) is 11.7. The maximum atomic E-state index is 2.47. The largest absolute Gasteiger partial charge is 0.0622 e. The van der Waals surface area contributed by atoms with Crippen LogP contribution >= 0.6 is 22.6 Å². The molecule has 0 atom stereocenters. The van der Waals surface area contributed by atoms with Gasteiger partial charge in [0.1, 0.15) is 0 Å². The van der Waals surface area contributed by atoms with Crippen molar-refractivity contribution in [2.45, 2.75) is 6.92 Å². The second-order valence-electron chi connectivity index (χ2n) is 4.47. The minimum atomic E-state index is 1.30. The van der Waals surface area contributed by atoms with Gasteiger partial charge in [0.15, 0.2) is 0 Å². The molecule has 0 nitrogen and oxygen atoms in total. The van der Waals surface area contributed by atoms with Gasteiger partial charge in [-0.15, -0.1) is 0 Å². The Morgan fingerprint density at radius 3 is 2.28 bits per heavy atom. The van der Waals surface area contributed by atoms with Crippen LogP contribution in [-0.4, -0.2) is 0 Å². The van der Waals surface area contributed by atoms with Crippen LogP contribution in [0.15, 0.2) is 60.7 Å². The van der Waals surface area contributed by atoms with E-state index < -0.39 is 0 Å². The molecule has 0 amide bonds. The summed E-state index contributed by atoms with van der Waals surface area (Å²) in [5.41, 5.74) is 3.99. The Balaban J connectivity index is 2.37. The molecule has 0 fully saturated rings. The molecule has 0 aliphatic carbocycles. The van der Waals surface area contributed by atoms with Gasteiger partial charge in [0.2, 0.25) is 0 Å². The summed E-state index contributed by atoms with van der Waals surface area (Å²) in [6.07, 6.45) is 0. The number of halogens is 1. The van der Waals surface area contributed by atoms with Crippen LogP contribution < -0.4 is 0 Å². The molecule has 0 aliphatic heterocycles. The molecule has 0 radical (unpaired) electrons. The summed E-state index contributed by atoms with van der Waals surface area (Å²) in [4.78, 5) is 0. The molecule has 3 rings (SSSR count). The van der Waals surface area contributed by atoms with E-state index in [0.29, 0.717) is 0 Å². The van der Waals surface area contributed by atoms with Gasteiger partial charge in [-0.25, -0.2) is 0 Å². The Hall–Kier alpha value is -1.35. The molecule has 0 aliphatic rings. The van der Waals surface area contributed by atoms with Crippen LogP contribution in [0.5, 0.6) is 0 Å². The molecular formula is C17H13I. The van der Waals surface area contributed by atoms with Gasteiger partial charge in [-0.2, -0.15) is 0 Å². The zero-order valence-corrected chi connectivity index (χ0v) is 12.3. The first-order valence-electron chi connectivity index (χ1n) is 6.00. The average molecular weight is 344 g/mol. The van der Waals surface area contributed by atoms with Crippen molar-refractivity contribution >= 4 is 33.4 Å². The minimum Gasteiger partial charge on any atom is -0.0622 e. The third-order valence-electron chi connectivity index (χ3n) is 3.25. The molecule has 0 spiro atoms. The zero-order chi connectivity index (χ0) is 12.5. The fraction of sp³-hybridized carbons (Fsp3) is 0.0588. The van der Waals surface area contributed by atoms with Crippen molar-refractivity contribution in [3.8, 4) is 11.1 Å². The monoisotopic (exact) mass is 344 g/mol. The Bertz CT molecular complexity index is 699. The number of aryl methyl sites for hydroxylation is 1. The highest BCUT2D eigenvalue weighted by Gasteiger charge is 2.10. The lowest BCUT2D eigenvalue weighted by Gasteiger charge is -2.12. The van der Waals surface area contributed by atoms with Gasteiger partial charge in [-0.3, -0.25) is 0 Å². The highest BCUT2D eigenvalue weighted by atomic mass is 127. The molecule has 18 heavy (non-hydrogen) atoms. The summed E-state index contributed by atoms with van der Waals surface area (Å²) >= 11 is 2.47. The summed E-state index contributed by atoms with van der Waals surface area (Å²) in [7, 11) is 0. The first-order chi connectivity index (χ1) is 8.77. The molecule has 0 heterocycles. The van der Waals surface area contributed by atoms with Crippen LogP contribution in [0.3, 0.4) is 0 Å². The third kappa shape index (κ3) is 1.93. The Morgan fingerprint density at radius 1 is 0.833 bits per heavy atom. The Labute approximate surface area is 121 Å². The summed E-state index contributed by atoms with van der Waals surface area (Å²) in [6, 6.07) is 21.5. The maximum Gasteiger partial charge on any atom is 0.0289 e. The molecule has 0 N–H and O–H groups in total. The van der Waals surface area contributed by atoms with Crippen molar-refractivity contribution in [1.29, 1.82) is 0 Å². The van der Waals surface area contributed by atoms with E-state index in [9.17, 15) is 0 Å². The van der Waals surface area contributed by atoms with Crippen molar-refractivity contribution in [2.24, 2.45) is 0 Å². The van der Waals surface area contributed by atoms with Gasteiger partial charge in [0.25, 0.3) is 0 Å². The highest BCUT2D eigenvalue weighted by Crippen LogP contribution is 2.34. The van der Waals surface area contributed by atoms with E-state index in [2.05, 4.69) is 90.2 Å². The van der Waals surface area contributed by atoms with Crippen LogP contribution in [0, 0.1) is 10.5 Å². The molecule has 0 bridgehead atoms. The maximum absolute atomic E-state index is 2.47. The minimum absolute atomic E-state index is 1.30. The first-order valence-corrected chi connectivity index (χ1v) is 7.08. The number of benzene rings is 3. The Morgan fingerprint density at radius 2 is 1.50 bits per heavy atom. The van der Waals surface area contributed by atoms with Crippen LogP contribution in [0.25, 0.3) is 21.9 Å². The molecule has 3 aromatic rings. The lowest BCUT2D eigenvalue weighted by Crippen LogP contribution is -1.90. The summed E-state index contributed by atoms with van der Waals surface area (Å²) in [5, 5.41) is 2.65. The second-order valence-corrected chi connectivity index (χ2v) is 5.55. The zero-order valence-electron chi connectivity index (χ0n) is 10.2. The van der Waals surface area contributed by atoms with E-state index in [-0.39, 0.29) is 0 Å². The van der Waals surface area contributed by atoms with E-state index >= 15 is 0 Å². The summed E-state index contributed by atoms with van der Waals surface area (Å²) in [5.74, 6) is 0. The quantitative estimate of drug-likeness (QED) is 0.517.